The second kappa shape index (κ2) is 7.09. The van der Waals surface area contributed by atoms with Crippen molar-refractivity contribution in [2.75, 3.05) is 37.6 Å². The predicted molar refractivity (Wildman–Crippen MR) is 87.5 cm³/mol. The van der Waals surface area contributed by atoms with Gasteiger partial charge >= 0.3 is 0 Å². The van der Waals surface area contributed by atoms with Crippen molar-refractivity contribution in [3.8, 4) is 0 Å². The Morgan fingerprint density at radius 2 is 2.05 bits per heavy atom. The van der Waals surface area contributed by atoms with E-state index in [-0.39, 0.29) is 0 Å². The largest absolute Gasteiger partial charge is 0.370 e. The molecule has 20 heavy (non-hydrogen) atoms. The van der Waals surface area contributed by atoms with Gasteiger partial charge in [0.1, 0.15) is 0 Å². The van der Waals surface area contributed by atoms with E-state index >= 15 is 0 Å². The summed E-state index contributed by atoms with van der Waals surface area (Å²) >= 11 is 0. The van der Waals surface area contributed by atoms with Crippen molar-refractivity contribution in [3.63, 3.8) is 0 Å². The first kappa shape index (κ1) is 15.3. The Kier molecular flexibility index (Phi) is 5.44. The third-order valence-electron chi connectivity index (χ3n) is 4.48. The van der Waals surface area contributed by atoms with E-state index in [1.165, 1.54) is 29.8 Å². The van der Waals surface area contributed by atoms with Crippen LogP contribution < -0.4 is 10.6 Å². The van der Waals surface area contributed by atoms with Gasteiger partial charge in [-0.2, -0.15) is 0 Å². The first-order chi connectivity index (χ1) is 9.69. The van der Waals surface area contributed by atoms with Gasteiger partial charge in [0.2, 0.25) is 0 Å². The van der Waals surface area contributed by atoms with Gasteiger partial charge in [-0.3, -0.25) is 4.90 Å². The second-order valence-corrected chi connectivity index (χ2v) is 5.78. The monoisotopic (exact) mass is 275 g/mol. The van der Waals surface area contributed by atoms with Crippen LogP contribution in [-0.2, 0) is 6.42 Å². The van der Waals surface area contributed by atoms with Crippen LogP contribution >= 0.6 is 0 Å². The van der Waals surface area contributed by atoms with Crippen LogP contribution in [0.2, 0.25) is 0 Å². The molecule has 3 nitrogen and oxygen atoms in total. The lowest BCUT2D eigenvalue weighted by molar-refractivity contribution is 0.232. The number of hydrogen-bond acceptors (Lipinski definition) is 3. The summed E-state index contributed by atoms with van der Waals surface area (Å²) < 4.78 is 0. The molecular weight excluding hydrogens is 246 g/mol. The van der Waals surface area contributed by atoms with E-state index in [0.717, 1.165) is 32.6 Å². The fourth-order valence-electron chi connectivity index (χ4n) is 3.38. The molecule has 1 heterocycles. The molecule has 1 aliphatic heterocycles. The maximum atomic E-state index is 5.77. The number of anilines is 1. The van der Waals surface area contributed by atoms with Gasteiger partial charge in [0.05, 0.1) is 0 Å². The highest BCUT2D eigenvalue weighted by Crippen LogP contribution is 2.27. The molecule has 1 fully saturated rings. The van der Waals surface area contributed by atoms with Gasteiger partial charge in [0, 0.05) is 24.8 Å². The summed E-state index contributed by atoms with van der Waals surface area (Å²) in [6.07, 6.45) is 2.25. The molecule has 1 atom stereocenters. The minimum Gasteiger partial charge on any atom is -0.370 e. The highest BCUT2D eigenvalue weighted by molar-refractivity contribution is 5.56. The molecule has 0 spiro atoms. The van der Waals surface area contributed by atoms with Crippen LogP contribution in [-0.4, -0.2) is 43.7 Å². The van der Waals surface area contributed by atoms with Crippen molar-refractivity contribution < 1.29 is 0 Å². The van der Waals surface area contributed by atoms with Crippen molar-refractivity contribution in [2.24, 2.45) is 5.73 Å². The predicted octanol–water partition coefficient (Wildman–Crippen LogP) is 2.42. The first-order valence-corrected chi connectivity index (χ1v) is 7.98. The van der Waals surface area contributed by atoms with Crippen LogP contribution in [0.4, 0.5) is 5.69 Å². The molecule has 1 saturated heterocycles. The highest BCUT2D eigenvalue weighted by Gasteiger charge is 2.27. The molecule has 0 bridgehead atoms. The Morgan fingerprint density at radius 3 is 2.70 bits per heavy atom. The fourth-order valence-corrected chi connectivity index (χ4v) is 3.38. The molecule has 0 aromatic heterocycles. The van der Waals surface area contributed by atoms with Crippen molar-refractivity contribution in [1.82, 2.24) is 4.90 Å². The van der Waals surface area contributed by atoms with Crippen molar-refractivity contribution in [2.45, 2.75) is 39.7 Å². The summed E-state index contributed by atoms with van der Waals surface area (Å²) in [5.41, 5.74) is 9.91. The van der Waals surface area contributed by atoms with Crippen LogP contribution in [0, 0.1) is 6.92 Å². The number of aryl methyl sites for hydroxylation is 1. The van der Waals surface area contributed by atoms with E-state index in [1.54, 1.807) is 0 Å². The SMILES string of the molecule is CCN(CC)C1CCN(c2ccc(C)cc2CCN)C1. The molecule has 112 valence electrons. The van der Waals surface area contributed by atoms with E-state index in [4.69, 9.17) is 5.73 Å². The van der Waals surface area contributed by atoms with Gasteiger partial charge in [0.15, 0.2) is 0 Å². The zero-order valence-electron chi connectivity index (χ0n) is 13.2. The summed E-state index contributed by atoms with van der Waals surface area (Å²) in [5, 5.41) is 0. The lowest BCUT2D eigenvalue weighted by Crippen LogP contribution is -2.37. The number of nitrogens with two attached hydrogens (primary N) is 1. The van der Waals surface area contributed by atoms with Crippen LogP contribution in [0.5, 0.6) is 0 Å². The maximum absolute atomic E-state index is 5.77. The normalized spacial score (nSPS) is 19.1. The van der Waals surface area contributed by atoms with Crippen LogP contribution in [0.1, 0.15) is 31.4 Å². The molecule has 1 aromatic carbocycles. The maximum Gasteiger partial charge on any atom is 0.0399 e. The second-order valence-electron chi connectivity index (χ2n) is 5.78. The molecule has 1 aliphatic rings. The quantitative estimate of drug-likeness (QED) is 0.865. The van der Waals surface area contributed by atoms with Crippen LogP contribution in [0.3, 0.4) is 0 Å². The number of likely N-dealkylation sites (N-methyl/N-ethyl adjacent to an activating group) is 1. The van der Waals surface area contributed by atoms with E-state index in [9.17, 15) is 0 Å². The summed E-state index contributed by atoms with van der Waals surface area (Å²) in [4.78, 5) is 5.13. The summed E-state index contributed by atoms with van der Waals surface area (Å²) in [7, 11) is 0. The van der Waals surface area contributed by atoms with Crippen molar-refractivity contribution in [3.05, 3.63) is 29.3 Å². The standard InChI is InChI=1S/C17H29N3/c1-4-19(5-2)16-9-11-20(13-16)17-7-6-14(3)12-15(17)8-10-18/h6-7,12,16H,4-5,8-11,13,18H2,1-3H3. The van der Waals surface area contributed by atoms with Gasteiger partial charge in [-0.1, -0.05) is 31.5 Å². The van der Waals surface area contributed by atoms with Gasteiger partial charge in [-0.25, -0.2) is 0 Å². The third-order valence-corrected chi connectivity index (χ3v) is 4.48. The molecule has 3 heteroatoms. The number of nitrogens with zero attached hydrogens (tertiary/aromatic N) is 2. The molecule has 0 aliphatic carbocycles. The Labute approximate surface area is 123 Å². The zero-order chi connectivity index (χ0) is 14.5. The molecule has 0 amide bonds. The average molecular weight is 275 g/mol. The molecule has 1 aromatic rings. The van der Waals surface area contributed by atoms with Gasteiger partial charge in [-0.05, 0) is 51.0 Å². The first-order valence-electron chi connectivity index (χ1n) is 7.98. The van der Waals surface area contributed by atoms with Gasteiger partial charge in [0.25, 0.3) is 0 Å². The van der Waals surface area contributed by atoms with Crippen molar-refractivity contribution >= 4 is 5.69 Å². The summed E-state index contributed by atoms with van der Waals surface area (Å²) in [6, 6.07) is 7.51. The van der Waals surface area contributed by atoms with Gasteiger partial charge in [-0.15, -0.1) is 0 Å². The molecule has 1 unspecified atom stereocenters. The van der Waals surface area contributed by atoms with Crippen LogP contribution in [0.25, 0.3) is 0 Å². The smallest absolute Gasteiger partial charge is 0.0399 e. The molecular formula is C17H29N3. The van der Waals surface area contributed by atoms with E-state index in [0.29, 0.717) is 6.04 Å². The minimum absolute atomic E-state index is 0.706. The Morgan fingerprint density at radius 1 is 1.30 bits per heavy atom. The van der Waals surface area contributed by atoms with Gasteiger partial charge < -0.3 is 10.6 Å². The van der Waals surface area contributed by atoms with Crippen LogP contribution in [0.15, 0.2) is 18.2 Å². The Hall–Kier alpha value is -1.06. The molecule has 2 N–H and O–H groups in total. The Balaban J connectivity index is 2.13. The molecule has 0 radical (unpaired) electrons. The fraction of sp³-hybridized carbons (Fsp3) is 0.647. The Bertz CT molecular complexity index is 426. The minimum atomic E-state index is 0.706. The lowest BCUT2D eigenvalue weighted by atomic mass is 10.1. The molecule has 0 saturated carbocycles. The zero-order valence-corrected chi connectivity index (χ0v) is 13.2. The summed E-state index contributed by atoms with van der Waals surface area (Å²) in [5.74, 6) is 0. The number of benzene rings is 1. The molecule has 2 rings (SSSR count). The lowest BCUT2D eigenvalue weighted by Gasteiger charge is -2.27. The van der Waals surface area contributed by atoms with Crippen molar-refractivity contribution in [1.29, 1.82) is 0 Å². The summed E-state index contributed by atoms with van der Waals surface area (Å²) in [6.45, 7) is 12.0. The number of hydrogen-bond donors (Lipinski definition) is 1. The number of rotatable bonds is 6. The average Bonchev–Trinajstić information content (AvgIpc) is 2.90. The third kappa shape index (κ3) is 3.33. The van der Waals surface area contributed by atoms with E-state index < -0.39 is 0 Å². The highest BCUT2D eigenvalue weighted by atomic mass is 15.2. The van der Waals surface area contributed by atoms with E-state index in [2.05, 4.69) is 48.8 Å². The topological polar surface area (TPSA) is 32.5 Å². The van der Waals surface area contributed by atoms with E-state index in [1.807, 2.05) is 0 Å².